The van der Waals surface area contributed by atoms with E-state index in [0.717, 1.165) is 19.3 Å². The van der Waals surface area contributed by atoms with E-state index in [1.165, 1.54) is 0 Å². The first kappa shape index (κ1) is 21.8. The molecule has 0 unspecified atom stereocenters. The van der Waals surface area contributed by atoms with Gasteiger partial charge in [0.05, 0.1) is 6.61 Å². The van der Waals surface area contributed by atoms with Crippen LogP contribution < -0.4 is 5.32 Å². The maximum absolute atomic E-state index is 13.0. The van der Waals surface area contributed by atoms with Gasteiger partial charge < -0.3 is 15.0 Å². The number of benzene rings is 1. The first-order valence-corrected chi connectivity index (χ1v) is 12.5. The average Bonchev–Trinajstić information content (AvgIpc) is 3.06. The lowest BCUT2D eigenvalue weighted by molar-refractivity contribution is -0.155. The Hall–Kier alpha value is -2.42. The van der Waals surface area contributed by atoms with Crippen LogP contribution in [0.3, 0.4) is 0 Å². The number of carbonyl (C=O) groups excluding carboxylic acids is 2. The molecule has 168 valence electrons. The third kappa shape index (κ3) is 4.20. The zero-order valence-corrected chi connectivity index (χ0v) is 18.6. The van der Waals surface area contributed by atoms with Crippen LogP contribution in [0.4, 0.5) is 0 Å². The zero-order chi connectivity index (χ0) is 22.1. The predicted octanol–water partition coefficient (Wildman–Crippen LogP) is 2.23. The molecule has 1 amide bonds. The number of hydrogen-bond acceptors (Lipinski definition) is 6. The maximum atomic E-state index is 13.0. The zero-order valence-electron chi connectivity index (χ0n) is 17.8. The van der Waals surface area contributed by atoms with Crippen LogP contribution in [0.15, 0.2) is 33.6 Å². The van der Waals surface area contributed by atoms with Gasteiger partial charge in [0.25, 0.3) is 10.0 Å². The molecule has 31 heavy (non-hydrogen) atoms. The van der Waals surface area contributed by atoms with Crippen LogP contribution in [0.1, 0.15) is 57.4 Å². The Morgan fingerprint density at radius 2 is 1.84 bits per heavy atom. The molecule has 1 saturated carbocycles. The number of nitrogens with one attached hydrogen (secondary N) is 1. The highest BCUT2D eigenvalue weighted by atomic mass is 32.2. The number of amides is 1. The lowest BCUT2D eigenvalue weighted by Crippen LogP contribution is -2.58. The van der Waals surface area contributed by atoms with Crippen molar-refractivity contribution in [1.82, 2.24) is 10.2 Å². The van der Waals surface area contributed by atoms with Gasteiger partial charge in [-0.05, 0) is 44.7 Å². The quantitative estimate of drug-likeness (QED) is 0.710. The number of piperidine rings is 1. The van der Waals surface area contributed by atoms with Gasteiger partial charge in [0.1, 0.15) is 10.4 Å². The minimum Gasteiger partial charge on any atom is -0.464 e. The number of amidine groups is 1. The van der Waals surface area contributed by atoms with Gasteiger partial charge in [-0.1, -0.05) is 31.4 Å². The molecule has 2 heterocycles. The summed E-state index contributed by atoms with van der Waals surface area (Å²) in [4.78, 5) is 27.8. The number of likely N-dealkylation sites (tertiary alicyclic amines) is 1. The summed E-state index contributed by atoms with van der Waals surface area (Å²) in [5.74, 6) is -0.207. The Morgan fingerprint density at radius 3 is 2.52 bits per heavy atom. The molecule has 3 aliphatic rings. The van der Waals surface area contributed by atoms with Crippen molar-refractivity contribution in [1.29, 1.82) is 0 Å². The Bertz CT molecular complexity index is 990. The summed E-state index contributed by atoms with van der Waals surface area (Å²) in [5.41, 5.74) is -0.292. The van der Waals surface area contributed by atoms with Crippen molar-refractivity contribution in [3.05, 3.63) is 29.8 Å². The van der Waals surface area contributed by atoms with Gasteiger partial charge in [-0.25, -0.2) is 4.79 Å². The van der Waals surface area contributed by atoms with E-state index in [0.29, 0.717) is 56.8 Å². The summed E-state index contributed by atoms with van der Waals surface area (Å²) in [6, 6.07) is 6.83. The molecule has 1 aromatic carbocycles. The van der Waals surface area contributed by atoms with Gasteiger partial charge in [0, 0.05) is 24.6 Å². The minimum absolute atomic E-state index is 0.115. The number of rotatable bonds is 4. The van der Waals surface area contributed by atoms with E-state index >= 15 is 0 Å². The molecule has 0 bridgehead atoms. The van der Waals surface area contributed by atoms with E-state index < -0.39 is 15.6 Å². The standard InChI is InChI=1S/C22H29N3O5S/c1-2-30-21(27)22(12-6-3-7-13-22)23-20(26)16-10-14-25(15-11-16)19-17-8-4-5-9-18(17)31(28,29)24-19/h4-5,8-9,16H,2-3,6-7,10-15H2,1H3,(H,23,26). The Labute approximate surface area is 183 Å². The Morgan fingerprint density at radius 1 is 1.16 bits per heavy atom. The van der Waals surface area contributed by atoms with Gasteiger partial charge in [-0.15, -0.1) is 4.40 Å². The van der Waals surface area contributed by atoms with E-state index in [9.17, 15) is 18.0 Å². The Kier molecular flexibility index (Phi) is 6.05. The smallest absolute Gasteiger partial charge is 0.331 e. The molecular weight excluding hydrogens is 418 g/mol. The molecule has 8 nitrogen and oxygen atoms in total. The van der Waals surface area contributed by atoms with Crippen molar-refractivity contribution in [2.75, 3.05) is 19.7 Å². The van der Waals surface area contributed by atoms with Crippen LogP contribution in [-0.4, -0.2) is 56.3 Å². The van der Waals surface area contributed by atoms with Crippen LogP contribution >= 0.6 is 0 Å². The van der Waals surface area contributed by atoms with Gasteiger partial charge in [-0.2, -0.15) is 8.42 Å². The topological polar surface area (TPSA) is 105 Å². The van der Waals surface area contributed by atoms with E-state index in [1.54, 1.807) is 31.2 Å². The van der Waals surface area contributed by atoms with Crippen molar-refractivity contribution in [3.8, 4) is 0 Å². The molecule has 2 fully saturated rings. The van der Waals surface area contributed by atoms with Crippen molar-refractivity contribution in [3.63, 3.8) is 0 Å². The normalized spacial score (nSPS) is 22.4. The molecule has 1 aromatic rings. The molecule has 9 heteroatoms. The monoisotopic (exact) mass is 447 g/mol. The molecule has 1 saturated heterocycles. The molecule has 1 N–H and O–H groups in total. The molecule has 1 aliphatic carbocycles. The van der Waals surface area contributed by atoms with Crippen molar-refractivity contribution in [2.45, 2.75) is 62.3 Å². The second kappa shape index (κ2) is 8.61. The fourth-order valence-corrected chi connectivity index (χ4v) is 6.04. The second-order valence-electron chi connectivity index (χ2n) is 8.50. The lowest BCUT2D eigenvalue weighted by atomic mass is 9.80. The van der Waals surface area contributed by atoms with E-state index in [1.807, 2.05) is 4.90 Å². The number of nitrogens with zero attached hydrogens (tertiary/aromatic N) is 2. The van der Waals surface area contributed by atoms with E-state index in [2.05, 4.69) is 9.71 Å². The van der Waals surface area contributed by atoms with Gasteiger partial charge in [0.2, 0.25) is 5.91 Å². The largest absolute Gasteiger partial charge is 0.464 e. The summed E-state index contributed by atoms with van der Waals surface area (Å²) in [7, 11) is -3.66. The number of fused-ring (bicyclic) bond motifs is 1. The van der Waals surface area contributed by atoms with Crippen LogP contribution in [-0.2, 0) is 24.3 Å². The SMILES string of the molecule is CCOC(=O)C1(NC(=O)C2CCN(C3=NS(=O)(=O)c4ccccc43)CC2)CCCCC1. The molecular formula is C22H29N3O5S. The van der Waals surface area contributed by atoms with Crippen molar-refractivity contribution >= 4 is 27.7 Å². The highest BCUT2D eigenvalue weighted by Crippen LogP contribution is 2.32. The third-order valence-corrected chi connectivity index (χ3v) is 7.84. The Balaban J connectivity index is 1.42. The average molecular weight is 448 g/mol. The van der Waals surface area contributed by atoms with Gasteiger partial charge in [0.15, 0.2) is 5.84 Å². The minimum atomic E-state index is -3.66. The molecule has 2 aliphatic heterocycles. The highest BCUT2D eigenvalue weighted by molar-refractivity contribution is 7.90. The summed E-state index contributed by atoms with van der Waals surface area (Å²) < 4.78 is 33.9. The molecule has 0 aromatic heterocycles. The van der Waals surface area contributed by atoms with E-state index in [4.69, 9.17) is 4.74 Å². The number of ether oxygens (including phenoxy) is 1. The first-order chi connectivity index (χ1) is 14.9. The fraction of sp³-hybridized carbons (Fsp3) is 0.591. The second-order valence-corrected chi connectivity index (χ2v) is 10.1. The molecule has 0 spiro atoms. The van der Waals surface area contributed by atoms with Crippen LogP contribution in [0.25, 0.3) is 0 Å². The van der Waals surface area contributed by atoms with Crippen LogP contribution in [0, 0.1) is 5.92 Å². The van der Waals surface area contributed by atoms with E-state index in [-0.39, 0.29) is 22.7 Å². The number of hydrogen-bond donors (Lipinski definition) is 1. The fourth-order valence-electron chi connectivity index (χ4n) is 4.81. The number of esters is 1. The highest BCUT2D eigenvalue weighted by Gasteiger charge is 2.44. The maximum Gasteiger partial charge on any atom is 0.331 e. The molecule has 0 radical (unpaired) electrons. The summed E-state index contributed by atoms with van der Waals surface area (Å²) in [6.07, 6.45) is 5.22. The predicted molar refractivity (Wildman–Crippen MR) is 115 cm³/mol. The summed E-state index contributed by atoms with van der Waals surface area (Å²) in [5, 5.41) is 3.04. The van der Waals surface area contributed by atoms with Crippen LogP contribution in [0.2, 0.25) is 0 Å². The van der Waals surface area contributed by atoms with Gasteiger partial charge >= 0.3 is 5.97 Å². The number of sulfonamides is 1. The number of carbonyl (C=O) groups is 2. The van der Waals surface area contributed by atoms with Crippen molar-refractivity contribution in [2.24, 2.45) is 10.3 Å². The van der Waals surface area contributed by atoms with Crippen LogP contribution in [0.5, 0.6) is 0 Å². The summed E-state index contributed by atoms with van der Waals surface area (Å²) in [6.45, 7) is 3.14. The van der Waals surface area contributed by atoms with Gasteiger partial charge in [-0.3, -0.25) is 4.79 Å². The first-order valence-electron chi connectivity index (χ1n) is 11.0. The van der Waals surface area contributed by atoms with Crippen molar-refractivity contribution < 1.29 is 22.7 Å². The lowest BCUT2D eigenvalue weighted by Gasteiger charge is -2.38. The third-order valence-electron chi connectivity index (χ3n) is 6.51. The summed E-state index contributed by atoms with van der Waals surface area (Å²) >= 11 is 0. The molecule has 0 atom stereocenters. The molecule has 4 rings (SSSR count).